The molecule has 160 valence electrons. The molecule has 0 radical (unpaired) electrons. The Kier molecular flexibility index (Phi) is 6.84. The molecule has 0 amide bonds. The summed E-state index contributed by atoms with van der Waals surface area (Å²) in [5, 5.41) is 0.843. The number of ether oxygens (including phenoxy) is 1. The highest BCUT2D eigenvalue weighted by Crippen LogP contribution is 2.35. The second kappa shape index (κ2) is 9.03. The first-order valence-corrected chi connectivity index (χ1v) is 11.3. The van der Waals surface area contributed by atoms with Gasteiger partial charge in [-0.3, -0.25) is 4.79 Å². The van der Waals surface area contributed by atoms with Crippen LogP contribution in [0, 0.1) is 13.8 Å². The number of fused-ring (bicyclic) bond motifs is 1. The molecular formula is C20H21Cl2N3O4S. The van der Waals surface area contributed by atoms with Crippen molar-refractivity contribution < 1.29 is 13.2 Å². The summed E-state index contributed by atoms with van der Waals surface area (Å²) in [6, 6.07) is 8.47. The third kappa shape index (κ3) is 4.38. The normalized spacial score (nSPS) is 12.1. The first-order chi connectivity index (χ1) is 14.2. The topological polar surface area (TPSA) is 92.4 Å². The van der Waals surface area contributed by atoms with E-state index < -0.39 is 10.0 Å². The zero-order valence-electron chi connectivity index (χ0n) is 16.7. The number of hydrogen-bond acceptors (Lipinski definition) is 5. The smallest absolute Gasteiger partial charge is 0.258 e. The molecule has 3 rings (SSSR count). The van der Waals surface area contributed by atoms with E-state index in [9.17, 15) is 13.2 Å². The number of aromatic amines is 1. The maximum Gasteiger partial charge on any atom is 0.258 e. The fraction of sp³-hybridized carbons (Fsp3) is 0.300. The van der Waals surface area contributed by atoms with Crippen LogP contribution in [0.15, 0.2) is 40.0 Å². The molecule has 0 saturated heterocycles. The van der Waals surface area contributed by atoms with Crippen molar-refractivity contribution in [3.05, 3.63) is 67.7 Å². The molecule has 3 aromatic rings. The molecule has 1 aromatic heterocycles. The molecule has 0 aliphatic rings. The minimum Gasteiger partial charge on any atom is -0.383 e. The van der Waals surface area contributed by atoms with Crippen LogP contribution in [0.5, 0.6) is 0 Å². The van der Waals surface area contributed by atoms with Gasteiger partial charge < -0.3 is 9.72 Å². The predicted octanol–water partition coefficient (Wildman–Crippen LogP) is 3.68. The van der Waals surface area contributed by atoms with Gasteiger partial charge in [0.05, 0.1) is 29.1 Å². The van der Waals surface area contributed by atoms with Gasteiger partial charge in [-0.25, -0.2) is 13.4 Å². The number of nitrogens with zero attached hydrogens (tertiary/aromatic N) is 2. The second-order valence-corrected chi connectivity index (χ2v) is 9.46. The van der Waals surface area contributed by atoms with Crippen LogP contribution in [-0.2, 0) is 21.3 Å². The molecular weight excluding hydrogens is 449 g/mol. The van der Waals surface area contributed by atoms with Crippen molar-refractivity contribution in [3.63, 3.8) is 0 Å². The molecule has 0 bridgehead atoms. The van der Waals surface area contributed by atoms with Crippen molar-refractivity contribution in [2.24, 2.45) is 0 Å². The minimum atomic E-state index is -4.07. The lowest BCUT2D eigenvalue weighted by atomic mass is 10.2. The van der Waals surface area contributed by atoms with Gasteiger partial charge in [0.25, 0.3) is 5.56 Å². The summed E-state index contributed by atoms with van der Waals surface area (Å²) in [6.45, 7) is 3.32. The molecule has 0 fully saturated rings. The fourth-order valence-electron chi connectivity index (χ4n) is 3.10. The van der Waals surface area contributed by atoms with E-state index in [-0.39, 0.29) is 41.0 Å². The van der Waals surface area contributed by atoms with Crippen molar-refractivity contribution in [3.8, 4) is 0 Å². The van der Waals surface area contributed by atoms with Gasteiger partial charge in [0.2, 0.25) is 10.0 Å². The van der Waals surface area contributed by atoms with Crippen LogP contribution in [0.4, 0.5) is 0 Å². The van der Waals surface area contributed by atoms with Crippen molar-refractivity contribution in [2.75, 3.05) is 20.3 Å². The van der Waals surface area contributed by atoms with E-state index in [2.05, 4.69) is 9.97 Å². The van der Waals surface area contributed by atoms with Crippen LogP contribution in [-0.4, -0.2) is 43.0 Å². The van der Waals surface area contributed by atoms with Gasteiger partial charge in [-0.2, -0.15) is 4.31 Å². The lowest BCUT2D eigenvalue weighted by Gasteiger charge is -2.24. The summed E-state index contributed by atoms with van der Waals surface area (Å²) in [5.74, 6) is 0.214. The minimum absolute atomic E-state index is 0.0384. The van der Waals surface area contributed by atoms with E-state index >= 15 is 0 Å². The highest BCUT2D eigenvalue weighted by molar-refractivity contribution is 7.89. The van der Waals surface area contributed by atoms with E-state index in [4.69, 9.17) is 27.9 Å². The Hall–Kier alpha value is -1.97. The number of aromatic nitrogens is 2. The van der Waals surface area contributed by atoms with E-state index in [1.165, 1.54) is 11.4 Å². The maximum atomic E-state index is 13.5. The molecule has 10 heteroatoms. The van der Waals surface area contributed by atoms with Crippen LogP contribution < -0.4 is 5.56 Å². The second-order valence-electron chi connectivity index (χ2n) is 6.80. The van der Waals surface area contributed by atoms with Crippen molar-refractivity contribution in [1.29, 1.82) is 0 Å². The average Bonchev–Trinajstić information content (AvgIpc) is 2.69. The Morgan fingerprint density at radius 3 is 2.60 bits per heavy atom. The number of aryl methyl sites for hydroxylation is 1. The molecule has 0 atom stereocenters. The summed E-state index contributed by atoms with van der Waals surface area (Å²) >= 11 is 12.6. The summed E-state index contributed by atoms with van der Waals surface area (Å²) in [5.41, 5.74) is 1.05. The summed E-state index contributed by atoms with van der Waals surface area (Å²) in [6.07, 6.45) is 0. The molecule has 0 saturated carbocycles. The van der Waals surface area contributed by atoms with Gasteiger partial charge in [-0.15, -0.1) is 0 Å². The molecule has 0 spiro atoms. The molecule has 30 heavy (non-hydrogen) atoms. The van der Waals surface area contributed by atoms with Crippen molar-refractivity contribution in [2.45, 2.75) is 25.3 Å². The summed E-state index contributed by atoms with van der Waals surface area (Å²) in [4.78, 5) is 19.4. The number of rotatable bonds is 7. The fourth-order valence-corrected chi connectivity index (χ4v) is 5.66. The number of H-pyrrole nitrogens is 1. The van der Waals surface area contributed by atoms with E-state index in [0.717, 1.165) is 0 Å². The zero-order valence-corrected chi connectivity index (χ0v) is 19.0. The SMILES string of the molecule is COCCN(Cc1nc2ccccc2c(=O)[nH]1)S(=O)(=O)c1c(C)c(Cl)cc(C)c1Cl. The van der Waals surface area contributed by atoms with Gasteiger partial charge in [-0.05, 0) is 43.2 Å². The van der Waals surface area contributed by atoms with Crippen LogP contribution in [0.25, 0.3) is 10.9 Å². The molecule has 0 unspecified atom stereocenters. The Balaban J connectivity index is 2.10. The molecule has 7 nitrogen and oxygen atoms in total. The predicted molar refractivity (Wildman–Crippen MR) is 118 cm³/mol. The van der Waals surface area contributed by atoms with Crippen LogP contribution in [0.3, 0.4) is 0 Å². The molecule has 0 aliphatic carbocycles. The van der Waals surface area contributed by atoms with Gasteiger partial charge in [0.1, 0.15) is 10.7 Å². The molecule has 0 aliphatic heterocycles. The summed E-state index contributed by atoms with van der Waals surface area (Å²) < 4.78 is 33.3. The number of nitrogens with one attached hydrogen (secondary N) is 1. The van der Waals surface area contributed by atoms with Crippen molar-refractivity contribution >= 4 is 44.1 Å². The van der Waals surface area contributed by atoms with E-state index in [1.807, 2.05) is 0 Å². The zero-order chi connectivity index (χ0) is 22.1. The molecule has 1 N–H and O–H groups in total. The lowest BCUT2D eigenvalue weighted by molar-refractivity contribution is 0.176. The Labute approximate surface area is 184 Å². The lowest BCUT2D eigenvalue weighted by Crippen LogP contribution is -2.35. The Morgan fingerprint density at radius 2 is 1.90 bits per heavy atom. The standard InChI is InChI=1S/C20H21Cl2N3O4S/c1-12-10-15(21)13(2)19(18(12)22)30(27,28)25(8-9-29-3)11-17-23-16-7-5-4-6-14(16)20(26)24-17/h4-7,10H,8-9,11H2,1-3H3,(H,23,24,26). The van der Waals surface area contributed by atoms with Gasteiger partial charge >= 0.3 is 0 Å². The Bertz CT molecular complexity index is 1230. The molecule has 2 aromatic carbocycles. The van der Waals surface area contributed by atoms with Crippen LogP contribution in [0.1, 0.15) is 17.0 Å². The first kappa shape index (κ1) is 22.7. The van der Waals surface area contributed by atoms with Gasteiger partial charge in [0, 0.05) is 18.7 Å². The number of benzene rings is 2. The molecule has 1 heterocycles. The third-order valence-electron chi connectivity index (χ3n) is 4.72. The maximum absolute atomic E-state index is 13.5. The highest BCUT2D eigenvalue weighted by Gasteiger charge is 2.31. The monoisotopic (exact) mass is 469 g/mol. The van der Waals surface area contributed by atoms with Gasteiger partial charge in [0.15, 0.2) is 0 Å². The highest BCUT2D eigenvalue weighted by atomic mass is 35.5. The average molecular weight is 470 g/mol. The van der Waals surface area contributed by atoms with E-state index in [1.54, 1.807) is 44.2 Å². The Morgan fingerprint density at radius 1 is 1.20 bits per heavy atom. The number of sulfonamides is 1. The van der Waals surface area contributed by atoms with Crippen LogP contribution >= 0.6 is 23.2 Å². The number of methoxy groups -OCH3 is 1. The van der Waals surface area contributed by atoms with E-state index in [0.29, 0.717) is 27.1 Å². The van der Waals surface area contributed by atoms with Crippen LogP contribution in [0.2, 0.25) is 10.0 Å². The largest absolute Gasteiger partial charge is 0.383 e. The number of para-hydroxylation sites is 1. The number of hydrogen-bond donors (Lipinski definition) is 1. The first-order valence-electron chi connectivity index (χ1n) is 9.09. The third-order valence-corrected chi connectivity index (χ3v) is 7.73. The number of halogens is 2. The summed E-state index contributed by atoms with van der Waals surface area (Å²) in [7, 11) is -2.59. The van der Waals surface area contributed by atoms with Crippen molar-refractivity contribution in [1.82, 2.24) is 14.3 Å². The van der Waals surface area contributed by atoms with Gasteiger partial charge in [-0.1, -0.05) is 35.3 Å². The quantitative estimate of drug-likeness (QED) is 0.569.